The first-order valence-electron chi connectivity index (χ1n) is 14.7. The van der Waals surface area contributed by atoms with Gasteiger partial charge in [-0.15, -0.1) is 0 Å². The number of amides is 4. The van der Waals surface area contributed by atoms with Crippen LogP contribution in [0, 0.1) is 13.8 Å². The molecule has 10 nitrogen and oxygen atoms in total. The van der Waals surface area contributed by atoms with E-state index < -0.39 is 29.5 Å². The van der Waals surface area contributed by atoms with E-state index in [1.807, 2.05) is 41.3 Å². The Morgan fingerprint density at radius 3 is 2.11 bits per heavy atom. The number of urea groups is 1. The molecule has 2 heterocycles. The molecular weight excluding hydrogens is 617 g/mol. The van der Waals surface area contributed by atoms with Gasteiger partial charge in [0.05, 0.1) is 28.8 Å². The fourth-order valence-corrected chi connectivity index (χ4v) is 6.71. The SMILES string of the molecule is Cc1cccc(C)c1CN1CN(c2ccccc2)C2(CCN(C(=O)NCC(NC(=O)c3c(Cl)cccc3Cl)C(=O)O)CC2)C1=O. The third kappa shape index (κ3) is 6.57. The topological polar surface area (TPSA) is 122 Å². The van der Waals surface area contributed by atoms with Crippen LogP contribution in [0.25, 0.3) is 0 Å². The van der Waals surface area contributed by atoms with Crippen LogP contribution in [0.4, 0.5) is 10.5 Å². The predicted molar refractivity (Wildman–Crippen MR) is 173 cm³/mol. The van der Waals surface area contributed by atoms with Gasteiger partial charge in [-0.1, -0.05) is 65.7 Å². The summed E-state index contributed by atoms with van der Waals surface area (Å²) >= 11 is 12.2. The van der Waals surface area contributed by atoms with Crippen molar-refractivity contribution in [1.82, 2.24) is 20.4 Å². The number of aryl methyl sites for hydroxylation is 2. The monoisotopic (exact) mass is 651 g/mol. The number of hydrogen-bond acceptors (Lipinski definition) is 5. The van der Waals surface area contributed by atoms with Crippen molar-refractivity contribution >= 4 is 52.7 Å². The van der Waals surface area contributed by atoms with Gasteiger partial charge in [0.2, 0.25) is 5.91 Å². The van der Waals surface area contributed by atoms with Crippen LogP contribution < -0.4 is 15.5 Å². The lowest BCUT2D eigenvalue weighted by Crippen LogP contribution is -2.59. The van der Waals surface area contributed by atoms with Gasteiger partial charge in [0.1, 0.15) is 11.6 Å². The number of hydrogen-bond donors (Lipinski definition) is 3. The van der Waals surface area contributed by atoms with Crippen LogP contribution in [-0.2, 0) is 16.1 Å². The molecule has 1 atom stereocenters. The highest BCUT2D eigenvalue weighted by molar-refractivity contribution is 6.39. The van der Waals surface area contributed by atoms with Crippen LogP contribution in [0.15, 0.2) is 66.7 Å². The summed E-state index contributed by atoms with van der Waals surface area (Å²) in [6.07, 6.45) is 0.809. The number of likely N-dealkylation sites (tertiary alicyclic amines) is 1. The number of carboxylic acid groups (broad SMARTS) is 1. The number of para-hydroxylation sites is 1. The van der Waals surface area contributed by atoms with E-state index in [0.717, 1.165) is 22.4 Å². The van der Waals surface area contributed by atoms with Gasteiger partial charge in [-0.3, -0.25) is 9.59 Å². The quantitative estimate of drug-likeness (QED) is 0.320. The molecule has 45 heavy (non-hydrogen) atoms. The maximum Gasteiger partial charge on any atom is 0.328 e. The van der Waals surface area contributed by atoms with E-state index in [1.54, 1.807) is 11.0 Å². The van der Waals surface area contributed by atoms with Crippen molar-refractivity contribution in [3.8, 4) is 0 Å². The lowest BCUT2D eigenvalue weighted by Gasteiger charge is -2.43. The molecule has 3 N–H and O–H groups in total. The van der Waals surface area contributed by atoms with Crippen molar-refractivity contribution in [2.24, 2.45) is 0 Å². The maximum atomic E-state index is 14.2. The number of aliphatic carboxylic acids is 1. The second-order valence-corrected chi connectivity index (χ2v) is 12.3. The van der Waals surface area contributed by atoms with Crippen molar-refractivity contribution in [2.45, 2.75) is 44.8 Å². The number of nitrogens with zero attached hydrogens (tertiary/aromatic N) is 3. The molecule has 3 aromatic rings. The van der Waals surface area contributed by atoms with Crippen LogP contribution in [-0.4, -0.2) is 76.6 Å². The predicted octanol–water partition coefficient (Wildman–Crippen LogP) is 4.84. The Morgan fingerprint density at radius 1 is 0.911 bits per heavy atom. The summed E-state index contributed by atoms with van der Waals surface area (Å²) in [5.41, 5.74) is 3.46. The molecule has 236 valence electrons. The van der Waals surface area contributed by atoms with Crippen LogP contribution in [0.5, 0.6) is 0 Å². The molecule has 2 fully saturated rings. The van der Waals surface area contributed by atoms with Gasteiger partial charge < -0.3 is 30.4 Å². The molecular formula is C33H35Cl2N5O5. The lowest BCUT2D eigenvalue weighted by molar-refractivity contribution is -0.139. The van der Waals surface area contributed by atoms with Crippen LogP contribution in [0.2, 0.25) is 10.0 Å². The smallest absolute Gasteiger partial charge is 0.328 e. The molecule has 0 bridgehead atoms. The highest BCUT2D eigenvalue weighted by atomic mass is 35.5. The second kappa shape index (κ2) is 13.4. The first-order chi connectivity index (χ1) is 21.5. The number of carbonyl (C=O) groups is 4. The summed E-state index contributed by atoms with van der Waals surface area (Å²) < 4.78 is 0. The Labute approximate surface area is 271 Å². The number of carbonyl (C=O) groups excluding carboxylic acids is 3. The van der Waals surface area contributed by atoms with E-state index in [2.05, 4.69) is 41.5 Å². The summed E-state index contributed by atoms with van der Waals surface area (Å²) in [5.74, 6) is -2.07. The second-order valence-electron chi connectivity index (χ2n) is 11.4. The molecule has 0 radical (unpaired) electrons. The van der Waals surface area contributed by atoms with Crippen LogP contribution in [0.3, 0.4) is 0 Å². The molecule has 0 aromatic heterocycles. The van der Waals surface area contributed by atoms with Gasteiger partial charge >= 0.3 is 12.0 Å². The third-order valence-corrected chi connectivity index (χ3v) is 9.33. The van der Waals surface area contributed by atoms with Crippen molar-refractivity contribution in [3.63, 3.8) is 0 Å². The first kappa shape index (κ1) is 32.1. The number of rotatable bonds is 8. The molecule has 5 rings (SSSR count). The van der Waals surface area contributed by atoms with Gasteiger partial charge in [0, 0.05) is 25.3 Å². The third-order valence-electron chi connectivity index (χ3n) is 8.70. The van der Waals surface area contributed by atoms with E-state index in [9.17, 15) is 24.3 Å². The van der Waals surface area contributed by atoms with Gasteiger partial charge in [0.15, 0.2) is 0 Å². The van der Waals surface area contributed by atoms with E-state index in [4.69, 9.17) is 23.2 Å². The Balaban J connectivity index is 1.26. The number of nitrogens with one attached hydrogen (secondary N) is 2. The molecule has 2 aliphatic rings. The number of carboxylic acids is 1. The van der Waals surface area contributed by atoms with Crippen LogP contribution >= 0.6 is 23.2 Å². The van der Waals surface area contributed by atoms with E-state index in [0.29, 0.717) is 26.1 Å². The zero-order valence-electron chi connectivity index (χ0n) is 25.1. The Kier molecular flexibility index (Phi) is 9.55. The number of anilines is 1. The minimum Gasteiger partial charge on any atom is -0.480 e. The van der Waals surface area contributed by atoms with Crippen molar-refractivity contribution in [2.75, 3.05) is 31.2 Å². The van der Waals surface area contributed by atoms with Gasteiger partial charge in [-0.25, -0.2) is 9.59 Å². The standard InChI is InChI=1S/C33H35Cl2N5O5/c1-21-8-6-9-22(2)24(21)19-39-20-40(23-10-4-3-5-11-23)33(31(39)44)14-16-38(17-15-33)32(45)36-18-27(30(42)43)37-29(41)28-25(34)12-7-13-26(28)35/h3-13,27H,14-20H2,1-2H3,(H,36,45)(H,37,41)(H,42,43). The average Bonchev–Trinajstić information content (AvgIpc) is 3.27. The summed E-state index contributed by atoms with van der Waals surface area (Å²) in [6, 6.07) is 18.5. The largest absolute Gasteiger partial charge is 0.480 e. The van der Waals surface area contributed by atoms with Crippen LogP contribution in [0.1, 0.15) is 39.9 Å². The molecule has 4 amide bonds. The minimum atomic E-state index is -1.42. The molecule has 2 aliphatic heterocycles. The van der Waals surface area contributed by atoms with Gasteiger partial charge in [-0.05, 0) is 67.6 Å². The fourth-order valence-electron chi connectivity index (χ4n) is 6.14. The maximum absolute atomic E-state index is 14.2. The summed E-state index contributed by atoms with van der Waals surface area (Å²) in [5, 5.41) is 14.9. The fraction of sp³-hybridized carbons (Fsp3) is 0.333. The summed E-state index contributed by atoms with van der Waals surface area (Å²) in [6.45, 7) is 5.25. The zero-order valence-corrected chi connectivity index (χ0v) is 26.6. The molecule has 3 aromatic carbocycles. The van der Waals surface area contributed by atoms with E-state index in [-0.39, 0.29) is 41.2 Å². The minimum absolute atomic E-state index is 0.0287. The van der Waals surface area contributed by atoms with E-state index in [1.165, 1.54) is 12.1 Å². The number of piperidine rings is 1. The molecule has 1 unspecified atom stereocenters. The van der Waals surface area contributed by atoms with Crippen molar-refractivity contribution < 1.29 is 24.3 Å². The van der Waals surface area contributed by atoms with E-state index >= 15 is 0 Å². The summed E-state index contributed by atoms with van der Waals surface area (Å²) in [7, 11) is 0. The van der Waals surface area contributed by atoms with Crippen molar-refractivity contribution in [3.05, 3.63) is 99.0 Å². The molecule has 2 saturated heterocycles. The first-order valence-corrected chi connectivity index (χ1v) is 15.4. The Morgan fingerprint density at radius 2 is 1.51 bits per heavy atom. The number of benzene rings is 3. The van der Waals surface area contributed by atoms with Crippen molar-refractivity contribution in [1.29, 1.82) is 0 Å². The highest BCUT2D eigenvalue weighted by Crippen LogP contribution is 2.40. The zero-order chi connectivity index (χ0) is 32.3. The van der Waals surface area contributed by atoms with Gasteiger partial charge in [-0.2, -0.15) is 0 Å². The average molecular weight is 653 g/mol. The van der Waals surface area contributed by atoms with Gasteiger partial charge in [0.25, 0.3) is 5.91 Å². The lowest BCUT2D eigenvalue weighted by atomic mass is 9.85. The highest BCUT2D eigenvalue weighted by Gasteiger charge is 2.54. The normalized spacial score (nSPS) is 16.5. The summed E-state index contributed by atoms with van der Waals surface area (Å²) in [4.78, 5) is 57.6. The molecule has 12 heteroatoms. The Bertz CT molecular complexity index is 1570. The molecule has 1 spiro atoms. The number of halogens is 2. The molecule has 0 aliphatic carbocycles. The Hall–Kier alpha value is -4.28. The molecule has 0 saturated carbocycles.